The van der Waals surface area contributed by atoms with Gasteiger partial charge in [0, 0.05) is 19.2 Å². The lowest BCUT2D eigenvalue weighted by molar-refractivity contribution is -0.119. The molecule has 7 nitrogen and oxygen atoms in total. The summed E-state index contributed by atoms with van der Waals surface area (Å²) < 4.78 is 5.68. The predicted octanol–water partition coefficient (Wildman–Crippen LogP) is 4.05. The van der Waals surface area contributed by atoms with Gasteiger partial charge in [-0.15, -0.1) is 0 Å². The van der Waals surface area contributed by atoms with Crippen molar-refractivity contribution in [3.8, 4) is 11.8 Å². The summed E-state index contributed by atoms with van der Waals surface area (Å²) in [4.78, 5) is 21.4. The van der Waals surface area contributed by atoms with Gasteiger partial charge >= 0.3 is 0 Å². The van der Waals surface area contributed by atoms with Crippen LogP contribution >= 0.6 is 0 Å². The van der Waals surface area contributed by atoms with E-state index in [4.69, 9.17) is 9.57 Å². The summed E-state index contributed by atoms with van der Waals surface area (Å²) in [5.41, 5.74) is 4.41. The molecule has 0 fully saturated rings. The van der Waals surface area contributed by atoms with Crippen molar-refractivity contribution < 1.29 is 14.4 Å². The Bertz CT molecular complexity index is 1050. The van der Waals surface area contributed by atoms with Gasteiger partial charge in [-0.25, -0.2) is 4.99 Å². The molecule has 1 atom stereocenters. The highest BCUT2D eigenvalue weighted by Gasteiger charge is 2.25. The molecule has 160 valence electrons. The molecule has 1 amide bonds. The fraction of sp³-hybridized carbons (Fsp3) is 0.333. The Morgan fingerprint density at radius 2 is 2.16 bits per heavy atom. The molecule has 0 aliphatic heterocycles. The molecule has 0 bridgehead atoms. The number of nitrogens with zero attached hydrogens (tertiary/aromatic N) is 3. The molecule has 1 aliphatic rings. The number of nitrogens with one attached hydrogen (secondary N) is 1. The second kappa shape index (κ2) is 9.90. The smallest absolute Gasteiger partial charge is 0.251 e. The number of hydrogen-bond donors (Lipinski definition) is 1. The molecule has 1 unspecified atom stereocenters. The fourth-order valence-corrected chi connectivity index (χ4v) is 3.77. The quantitative estimate of drug-likeness (QED) is 0.417. The number of hydrogen-bond acceptors (Lipinski definition) is 6. The Balaban J connectivity index is 1.88. The van der Waals surface area contributed by atoms with Gasteiger partial charge in [-0.2, -0.15) is 5.26 Å². The number of aliphatic imine (C=N–C) groups is 1. The fourth-order valence-electron chi connectivity index (χ4n) is 3.77. The Morgan fingerprint density at radius 3 is 2.84 bits per heavy atom. The number of oxime groups is 1. The van der Waals surface area contributed by atoms with E-state index in [0.29, 0.717) is 23.4 Å². The maximum atomic E-state index is 11.5. The van der Waals surface area contributed by atoms with Crippen LogP contribution in [0.25, 0.3) is 0 Å². The van der Waals surface area contributed by atoms with E-state index in [-0.39, 0.29) is 24.0 Å². The highest BCUT2D eigenvalue weighted by atomic mass is 16.6. The molecule has 31 heavy (non-hydrogen) atoms. The molecule has 1 aliphatic carbocycles. The van der Waals surface area contributed by atoms with Crippen LogP contribution in [0.5, 0.6) is 5.75 Å². The number of carbonyl (C=O) groups excluding carboxylic acids is 1. The zero-order chi connectivity index (χ0) is 22.4. The van der Waals surface area contributed by atoms with Crippen molar-refractivity contribution in [1.29, 1.82) is 5.26 Å². The molecule has 7 heteroatoms. The first kappa shape index (κ1) is 22.0. The van der Waals surface area contributed by atoms with E-state index in [1.165, 1.54) is 12.5 Å². The molecule has 1 N–H and O–H groups in total. The number of rotatable bonds is 7. The minimum atomic E-state index is -0.0429. The van der Waals surface area contributed by atoms with E-state index in [9.17, 15) is 10.1 Å². The lowest BCUT2D eigenvalue weighted by atomic mass is 10.0. The van der Waals surface area contributed by atoms with Crippen LogP contribution in [0, 0.1) is 11.3 Å². The highest BCUT2D eigenvalue weighted by molar-refractivity contribution is 5.94. The summed E-state index contributed by atoms with van der Waals surface area (Å²) >= 11 is 0. The van der Waals surface area contributed by atoms with Crippen LogP contribution in [0.1, 0.15) is 61.1 Å². The number of carbonyl (C=O) groups is 1. The zero-order valence-electron chi connectivity index (χ0n) is 18.0. The third kappa shape index (κ3) is 5.28. The van der Waals surface area contributed by atoms with Gasteiger partial charge in [0.15, 0.2) is 0 Å². The number of amides is 1. The monoisotopic (exact) mass is 418 g/mol. The Kier molecular flexibility index (Phi) is 7.03. The lowest BCUT2D eigenvalue weighted by Gasteiger charge is -2.14. The van der Waals surface area contributed by atoms with Gasteiger partial charge < -0.3 is 14.9 Å². The van der Waals surface area contributed by atoms with Crippen molar-refractivity contribution in [2.45, 2.75) is 52.3 Å². The SMILES string of the molecule is C=NOC(=NCc1cccc2c1CCC2NC(C)=O)c1ccc(OC(C)C)c(C#N)c1. The number of fused-ring (bicyclic) bond motifs is 1. The molecule has 3 rings (SSSR count). The van der Waals surface area contributed by atoms with E-state index in [1.54, 1.807) is 18.2 Å². The molecule has 2 aromatic rings. The summed E-state index contributed by atoms with van der Waals surface area (Å²) in [5.74, 6) is 0.751. The van der Waals surface area contributed by atoms with Crippen LogP contribution in [0.4, 0.5) is 0 Å². The normalized spacial score (nSPS) is 15.2. The molecule has 0 aromatic heterocycles. The number of benzene rings is 2. The topological polar surface area (TPSA) is 96.1 Å². The van der Waals surface area contributed by atoms with E-state index < -0.39 is 0 Å². The first-order chi connectivity index (χ1) is 14.9. The molecular weight excluding hydrogens is 392 g/mol. The van der Waals surface area contributed by atoms with Crippen LogP contribution in [-0.2, 0) is 22.6 Å². The summed E-state index contributed by atoms with van der Waals surface area (Å²) in [6.07, 6.45) is 1.70. The first-order valence-corrected chi connectivity index (χ1v) is 10.2. The van der Waals surface area contributed by atoms with E-state index in [0.717, 1.165) is 24.0 Å². The predicted molar refractivity (Wildman–Crippen MR) is 119 cm³/mol. The molecule has 2 aromatic carbocycles. The minimum Gasteiger partial charge on any atom is -0.490 e. The second-order valence-electron chi connectivity index (χ2n) is 7.61. The van der Waals surface area contributed by atoms with Gasteiger partial charge in [-0.1, -0.05) is 23.4 Å². The Hall–Kier alpha value is -3.66. The van der Waals surface area contributed by atoms with Gasteiger partial charge in [-0.05, 0) is 61.6 Å². The third-order valence-corrected chi connectivity index (χ3v) is 5.00. The van der Waals surface area contributed by atoms with Gasteiger partial charge in [0.2, 0.25) is 5.91 Å². The maximum Gasteiger partial charge on any atom is 0.251 e. The van der Waals surface area contributed by atoms with Gasteiger partial charge in [0.25, 0.3) is 5.90 Å². The van der Waals surface area contributed by atoms with Crippen LogP contribution in [-0.4, -0.2) is 24.6 Å². The molecule has 0 radical (unpaired) electrons. The van der Waals surface area contributed by atoms with E-state index >= 15 is 0 Å². The van der Waals surface area contributed by atoms with Gasteiger partial charge in [0.05, 0.1) is 24.3 Å². The summed E-state index contributed by atoms with van der Waals surface area (Å²) in [7, 11) is 0. The molecule has 0 saturated carbocycles. The van der Waals surface area contributed by atoms with Crippen LogP contribution in [0.2, 0.25) is 0 Å². The average Bonchev–Trinajstić information content (AvgIpc) is 3.14. The number of ether oxygens (including phenoxy) is 1. The summed E-state index contributed by atoms with van der Waals surface area (Å²) in [5, 5.41) is 16.0. The second-order valence-corrected chi connectivity index (χ2v) is 7.61. The Labute approximate surface area is 182 Å². The molecular formula is C24H26N4O3. The van der Waals surface area contributed by atoms with Crippen LogP contribution < -0.4 is 10.1 Å². The maximum absolute atomic E-state index is 11.5. The van der Waals surface area contributed by atoms with Crippen molar-refractivity contribution in [3.63, 3.8) is 0 Å². The highest BCUT2D eigenvalue weighted by Crippen LogP contribution is 2.33. The summed E-state index contributed by atoms with van der Waals surface area (Å²) in [6, 6.07) is 13.4. The molecule has 0 saturated heterocycles. The van der Waals surface area contributed by atoms with Crippen molar-refractivity contribution >= 4 is 18.5 Å². The van der Waals surface area contributed by atoms with E-state index in [2.05, 4.69) is 28.3 Å². The molecule has 0 spiro atoms. The largest absolute Gasteiger partial charge is 0.490 e. The van der Waals surface area contributed by atoms with Crippen molar-refractivity contribution in [2.75, 3.05) is 0 Å². The minimum absolute atomic E-state index is 0.0350. The average molecular weight is 418 g/mol. The van der Waals surface area contributed by atoms with Crippen LogP contribution in [0.3, 0.4) is 0 Å². The lowest BCUT2D eigenvalue weighted by Crippen LogP contribution is -2.24. The molecule has 0 heterocycles. The van der Waals surface area contributed by atoms with Gasteiger partial charge in [0.1, 0.15) is 11.8 Å². The summed E-state index contributed by atoms with van der Waals surface area (Å²) in [6.45, 7) is 9.12. The number of nitriles is 1. The standard InChI is InChI=1S/C24H26N4O3/c1-15(2)30-23-11-8-17(12-19(23)13-25)24(31-26-4)27-14-18-6-5-7-21-20(18)9-10-22(21)28-16(3)29/h5-8,11-12,15,22H,4,9-10,14H2,1-3H3,(H,28,29). The van der Waals surface area contributed by atoms with Gasteiger partial charge in [-0.3, -0.25) is 4.79 Å². The van der Waals surface area contributed by atoms with Crippen molar-refractivity contribution in [2.24, 2.45) is 10.1 Å². The zero-order valence-corrected chi connectivity index (χ0v) is 18.0. The first-order valence-electron chi connectivity index (χ1n) is 10.2. The third-order valence-electron chi connectivity index (χ3n) is 5.00. The Morgan fingerprint density at radius 1 is 1.35 bits per heavy atom. The van der Waals surface area contributed by atoms with Crippen molar-refractivity contribution in [1.82, 2.24) is 5.32 Å². The van der Waals surface area contributed by atoms with Crippen molar-refractivity contribution in [3.05, 3.63) is 64.2 Å². The van der Waals surface area contributed by atoms with E-state index in [1.807, 2.05) is 32.0 Å². The van der Waals surface area contributed by atoms with Crippen LogP contribution in [0.15, 0.2) is 46.5 Å².